The van der Waals surface area contributed by atoms with Gasteiger partial charge >= 0.3 is 0 Å². The minimum atomic E-state index is -0.124. The van der Waals surface area contributed by atoms with Gasteiger partial charge < -0.3 is 14.8 Å². The first-order valence-electron chi connectivity index (χ1n) is 10.8. The number of carbonyl (C=O) groups is 2. The predicted octanol–water partition coefficient (Wildman–Crippen LogP) is 3.55. The van der Waals surface area contributed by atoms with Gasteiger partial charge in [-0.05, 0) is 42.8 Å². The lowest BCUT2D eigenvalue weighted by atomic mass is 9.96. The van der Waals surface area contributed by atoms with Crippen LogP contribution < -0.4 is 5.32 Å². The lowest BCUT2D eigenvalue weighted by Gasteiger charge is -2.32. The summed E-state index contributed by atoms with van der Waals surface area (Å²) in [6, 6.07) is 20.7. The fourth-order valence-electron chi connectivity index (χ4n) is 4.33. The van der Waals surface area contributed by atoms with Crippen LogP contribution in [0, 0.1) is 12.8 Å². The third-order valence-electron chi connectivity index (χ3n) is 6.04. The van der Waals surface area contributed by atoms with Gasteiger partial charge in [-0.2, -0.15) is 0 Å². The molecule has 5 heteroatoms. The second-order valence-electron chi connectivity index (χ2n) is 8.10. The Labute approximate surface area is 177 Å². The van der Waals surface area contributed by atoms with E-state index in [-0.39, 0.29) is 17.7 Å². The van der Waals surface area contributed by atoms with Crippen molar-refractivity contribution in [3.8, 4) is 0 Å². The Kier molecular flexibility index (Phi) is 6.17. The molecule has 1 N–H and O–H groups in total. The lowest BCUT2D eigenvalue weighted by molar-refractivity contribution is -0.138. The van der Waals surface area contributed by atoms with Crippen LogP contribution in [-0.2, 0) is 22.6 Å². The van der Waals surface area contributed by atoms with Crippen LogP contribution >= 0.6 is 0 Å². The number of aromatic nitrogens is 1. The largest absolute Gasteiger partial charge is 0.354 e. The number of benzene rings is 2. The Morgan fingerprint density at radius 1 is 1.07 bits per heavy atom. The molecular weight excluding hydrogens is 374 g/mol. The van der Waals surface area contributed by atoms with Gasteiger partial charge in [-0.3, -0.25) is 9.59 Å². The van der Waals surface area contributed by atoms with E-state index in [2.05, 4.69) is 47.1 Å². The molecular formula is C25H29N3O2. The van der Waals surface area contributed by atoms with Crippen molar-refractivity contribution in [2.75, 3.05) is 19.6 Å². The van der Waals surface area contributed by atoms with Crippen LogP contribution in [0.4, 0.5) is 0 Å². The number of fused-ring (bicyclic) bond motifs is 1. The normalized spacial score (nSPS) is 16.8. The highest BCUT2D eigenvalue weighted by Gasteiger charge is 2.29. The van der Waals surface area contributed by atoms with E-state index in [4.69, 9.17) is 0 Å². The van der Waals surface area contributed by atoms with Crippen LogP contribution in [0.15, 0.2) is 60.7 Å². The summed E-state index contributed by atoms with van der Waals surface area (Å²) in [5.74, 6) is 0.0896. The summed E-state index contributed by atoms with van der Waals surface area (Å²) < 4.78 is 2.24. The molecule has 1 aliphatic heterocycles. The average Bonchev–Trinajstić information content (AvgIpc) is 3.09. The molecule has 0 aliphatic carbocycles. The molecule has 3 aromatic rings. The second-order valence-corrected chi connectivity index (χ2v) is 8.10. The number of carbonyl (C=O) groups excluding carboxylic acids is 2. The molecule has 0 radical (unpaired) electrons. The van der Waals surface area contributed by atoms with Gasteiger partial charge in [0, 0.05) is 43.8 Å². The van der Waals surface area contributed by atoms with E-state index in [1.54, 1.807) is 0 Å². The van der Waals surface area contributed by atoms with E-state index < -0.39 is 0 Å². The summed E-state index contributed by atoms with van der Waals surface area (Å²) >= 11 is 0. The lowest BCUT2D eigenvalue weighted by Crippen LogP contribution is -2.46. The van der Waals surface area contributed by atoms with Gasteiger partial charge in [-0.15, -0.1) is 0 Å². The predicted molar refractivity (Wildman–Crippen MR) is 119 cm³/mol. The molecule has 0 unspecified atom stereocenters. The zero-order valence-corrected chi connectivity index (χ0v) is 17.5. The van der Waals surface area contributed by atoms with Gasteiger partial charge in [0.1, 0.15) is 0 Å². The number of nitrogens with zero attached hydrogens (tertiary/aromatic N) is 2. The number of aryl methyl sites for hydroxylation is 1. The molecule has 2 heterocycles. The number of nitrogens with one attached hydrogen (secondary N) is 1. The molecule has 0 saturated carbocycles. The third-order valence-corrected chi connectivity index (χ3v) is 6.04. The van der Waals surface area contributed by atoms with Crippen molar-refractivity contribution < 1.29 is 9.59 Å². The summed E-state index contributed by atoms with van der Waals surface area (Å²) in [4.78, 5) is 26.9. The monoisotopic (exact) mass is 403 g/mol. The van der Waals surface area contributed by atoms with E-state index in [1.165, 1.54) is 22.2 Å². The SMILES string of the molecule is Cc1cc2ccccc2n1CCNC(=O)[C@H]1CCC(=O)N(CCc2ccccc2)C1. The van der Waals surface area contributed by atoms with Crippen LogP contribution in [-0.4, -0.2) is 40.9 Å². The summed E-state index contributed by atoms with van der Waals surface area (Å²) in [5, 5.41) is 4.32. The number of amides is 2. The van der Waals surface area contributed by atoms with Crippen LogP contribution in [0.2, 0.25) is 0 Å². The van der Waals surface area contributed by atoms with Gasteiger partial charge in [-0.25, -0.2) is 0 Å². The molecule has 1 atom stereocenters. The van der Waals surface area contributed by atoms with Crippen molar-refractivity contribution in [3.63, 3.8) is 0 Å². The maximum atomic E-state index is 12.7. The number of piperidine rings is 1. The van der Waals surface area contributed by atoms with Gasteiger partial charge in [0.25, 0.3) is 0 Å². The highest BCUT2D eigenvalue weighted by Crippen LogP contribution is 2.20. The fraction of sp³-hybridized carbons (Fsp3) is 0.360. The van der Waals surface area contributed by atoms with E-state index in [1.807, 2.05) is 35.2 Å². The molecule has 156 valence electrons. The van der Waals surface area contributed by atoms with E-state index in [0.717, 1.165) is 13.0 Å². The topological polar surface area (TPSA) is 54.3 Å². The molecule has 0 spiro atoms. The zero-order valence-electron chi connectivity index (χ0n) is 17.5. The maximum absolute atomic E-state index is 12.7. The van der Waals surface area contributed by atoms with Crippen LogP contribution in [0.5, 0.6) is 0 Å². The van der Waals surface area contributed by atoms with Crippen molar-refractivity contribution in [3.05, 3.63) is 71.9 Å². The third kappa shape index (κ3) is 4.56. The van der Waals surface area contributed by atoms with Crippen molar-refractivity contribution in [1.29, 1.82) is 0 Å². The molecule has 2 amide bonds. The highest BCUT2D eigenvalue weighted by atomic mass is 16.2. The minimum absolute atomic E-state index is 0.0568. The van der Waals surface area contributed by atoms with Crippen LogP contribution in [0.3, 0.4) is 0 Å². The van der Waals surface area contributed by atoms with Crippen LogP contribution in [0.25, 0.3) is 10.9 Å². The highest BCUT2D eigenvalue weighted by molar-refractivity contribution is 5.84. The average molecular weight is 404 g/mol. The summed E-state index contributed by atoms with van der Waals surface area (Å²) in [5.41, 5.74) is 3.60. The molecule has 30 heavy (non-hydrogen) atoms. The van der Waals surface area contributed by atoms with Gasteiger partial charge in [0.05, 0.1) is 5.92 Å². The molecule has 1 fully saturated rings. The van der Waals surface area contributed by atoms with E-state index >= 15 is 0 Å². The Morgan fingerprint density at radius 3 is 2.67 bits per heavy atom. The quantitative estimate of drug-likeness (QED) is 0.656. The second kappa shape index (κ2) is 9.16. The summed E-state index contributed by atoms with van der Waals surface area (Å²) in [7, 11) is 0. The van der Waals surface area contributed by atoms with Crippen LogP contribution in [0.1, 0.15) is 24.1 Å². The Bertz CT molecular complexity index is 1030. The summed E-state index contributed by atoms with van der Waals surface area (Å²) in [6.07, 6.45) is 1.91. The fourth-order valence-corrected chi connectivity index (χ4v) is 4.33. The Morgan fingerprint density at radius 2 is 1.83 bits per heavy atom. The Hall–Kier alpha value is -3.08. The molecule has 1 aromatic heterocycles. The van der Waals surface area contributed by atoms with Crippen molar-refractivity contribution >= 4 is 22.7 Å². The first-order valence-corrected chi connectivity index (χ1v) is 10.8. The first-order chi connectivity index (χ1) is 14.6. The number of hydrogen-bond donors (Lipinski definition) is 1. The first kappa shape index (κ1) is 20.2. The van der Waals surface area contributed by atoms with Crippen molar-refractivity contribution in [1.82, 2.24) is 14.8 Å². The standard InChI is InChI=1S/C25H29N3O2/c1-19-17-21-9-5-6-10-23(21)28(19)16-14-26-25(30)22-11-12-24(29)27(18-22)15-13-20-7-3-2-4-8-20/h2-10,17,22H,11-16,18H2,1H3,(H,26,30)/t22-/m0/s1. The molecule has 4 rings (SSSR count). The molecule has 1 aliphatic rings. The summed E-state index contributed by atoms with van der Waals surface area (Å²) in [6.45, 7) is 4.62. The number of likely N-dealkylation sites (tertiary alicyclic amines) is 1. The zero-order chi connectivity index (χ0) is 20.9. The minimum Gasteiger partial charge on any atom is -0.354 e. The van der Waals surface area contributed by atoms with Crippen molar-refractivity contribution in [2.24, 2.45) is 5.92 Å². The number of para-hydroxylation sites is 1. The molecule has 2 aromatic carbocycles. The van der Waals surface area contributed by atoms with Gasteiger partial charge in [-0.1, -0.05) is 48.5 Å². The van der Waals surface area contributed by atoms with E-state index in [9.17, 15) is 9.59 Å². The number of rotatable bonds is 7. The van der Waals surface area contributed by atoms with Gasteiger partial charge in [0.15, 0.2) is 0 Å². The molecule has 1 saturated heterocycles. The van der Waals surface area contributed by atoms with E-state index in [0.29, 0.717) is 32.5 Å². The van der Waals surface area contributed by atoms with Gasteiger partial charge in [0.2, 0.25) is 11.8 Å². The molecule has 5 nitrogen and oxygen atoms in total. The number of hydrogen-bond acceptors (Lipinski definition) is 2. The maximum Gasteiger partial charge on any atom is 0.224 e. The van der Waals surface area contributed by atoms with Crippen molar-refractivity contribution in [2.45, 2.75) is 32.7 Å². The Balaban J connectivity index is 1.29. The smallest absolute Gasteiger partial charge is 0.224 e. The molecule has 0 bridgehead atoms.